The predicted molar refractivity (Wildman–Crippen MR) is 67.2 cm³/mol. The minimum Gasteiger partial charge on any atom is -0.481 e. The zero-order valence-electron chi connectivity index (χ0n) is 10.5. The first-order valence-electron chi connectivity index (χ1n) is 6.14. The van der Waals surface area contributed by atoms with E-state index < -0.39 is 5.97 Å². The number of amides is 1. The van der Waals surface area contributed by atoms with Crippen molar-refractivity contribution in [3.8, 4) is 0 Å². The molecule has 1 aromatic rings. The van der Waals surface area contributed by atoms with E-state index in [-0.39, 0.29) is 12.3 Å². The van der Waals surface area contributed by atoms with Gasteiger partial charge in [-0.05, 0) is 29.5 Å². The number of aryl methyl sites for hydroxylation is 1. The van der Waals surface area contributed by atoms with Gasteiger partial charge in [0.1, 0.15) is 0 Å². The van der Waals surface area contributed by atoms with Crippen LogP contribution >= 0.6 is 0 Å². The summed E-state index contributed by atoms with van der Waals surface area (Å²) in [7, 11) is 0. The van der Waals surface area contributed by atoms with E-state index in [4.69, 9.17) is 5.11 Å². The summed E-state index contributed by atoms with van der Waals surface area (Å²) in [6.45, 7) is 3.01. The van der Waals surface area contributed by atoms with Crippen LogP contribution in [-0.4, -0.2) is 28.4 Å². The van der Waals surface area contributed by atoms with Gasteiger partial charge in [0.2, 0.25) is 5.91 Å². The highest BCUT2D eigenvalue weighted by molar-refractivity contribution is 5.73. The van der Waals surface area contributed by atoms with E-state index in [1.807, 2.05) is 17.0 Å². The quantitative estimate of drug-likeness (QED) is 0.882. The average molecular weight is 247 g/mol. The largest absolute Gasteiger partial charge is 0.481 e. The number of hydrogen-bond donors (Lipinski definition) is 1. The topological polar surface area (TPSA) is 57.6 Å². The second-order valence-corrected chi connectivity index (χ2v) is 4.69. The molecule has 0 aliphatic carbocycles. The van der Waals surface area contributed by atoms with Crippen molar-refractivity contribution in [2.75, 3.05) is 6.54 Å². The Bertz CT molecular complexity index is 482. The van der Waals surface area contributed by atoms with Crippen molar-refractivity contribution in [2.45, 2.75) is 32.7 Å². The van der Waals surface area contributed by atoms with Gasteiger partial charge in [0.25, 0.3) is 0 Å². The van der Waals surface area contributed by atoms with Gasteiger partial charge < -0.3 is 10.0 Å². The summed E-state index contributed by atoms with van der Waals surface area (Å²) in [5, 5.41) is 8.66. The fraction of sp³-hybridized carbons (Fsp3) is 0.429. The van der Waals surface area contributed by atoms with Crippen molar-refractivity contribution in [3.63, 3.8) is 0 Å². The number of carboxylic acids is 1. The minimum absolute atomic E-state index is 0.107. The van der Waals surface area contributed by atoms with Crippen LogP contribution in [-0.2, 0) is 29.0 Å². The summed E-state index contributed by atoms with van der Waals surface area (Å²) in [6.07, 6.45) is 1.59. The lowest BCUT2D eigenvalue weighted by Gasteiger charge is -2.28. The molecule has 0 saturated carbocycles. The summed E-state index contributed by atoms with van der Waals surface area (Å²) in [5.41, 5.74) is 3.48. The zero-order chi connectivity index (χ0) is 13.1. The molecular weight excluding hydrogens is 230 g/mol. The molecule has 2 rings (SSSR count). The van der Waals surface area contributed by atoms with Crippen molar-refractivity contribution in [3.05, 3.63) is 34.9 Å². The summed E-state index contributed by atoms with van der Waals surface area (Å²) in [6, 6.07) is 6.06. The molecule has 0 spiro atoms. The number of fused-ring (bicyclic) bond motifs is 1. The van der Waals surface area contributed by atoms with Gasteiger partial charge in [-0.25, -0.2) is 0 Å². The number of nitrogens with zero attached hydrogens (tertiary/aromatic N) is 1. The molecule has 96 valence electrons. The molecule has 4 heteroatoms. The van der Waals surface area contributed by atoms with E-state index >= 15 is 0 Å². The fourth-order valence-corrected chi connectivity index (χ4v) is 2.28. The number of carboxylic acid groups (broad SMARTS) is 1. The highest BCUT2D eigenvalue weighted by Crippen LogP contribution is 2.21. The predicted octanol–water partition coefficient (Wildman–Crippen LogP) is 1.61. The molecule has 1 aliphatic rings. The molecule has 0 unspecified atom stereocenters. The first-order chi connectivity index (χ1) is 8.56. The lowest BCUT2D eigenvalue weighted by Crippen LogP contribution is -2.34. The third kappa shape index (κ3) is 2.88. The second kappa shape index (κ2) is 5.21. The molecule has 0 atom stereocenters. The lowest BCUT2D eigenvalue weighted by atomic mass is 9.96. The number of carbonyl (C=O) groups is 2. The molecule has 1 heterocycles. The zero-order valence-corrected chi connectivity index (χ0v) is 10.5. The lowest BCUT2D eigenvalue weighted by molar-refractivity contribution is -0.137. The van der Waals surface area contributed by atoms with Crippen molar-refractivity contribution >= 4 is 11.9 Å². The van der Waals surface area contributed by atoms with Crippen LogP contribution in [0.2, 0.25) is 0 Å². The van der Waals surface area contributed by atoms with E-state index in [1.54, 1.807) is 6.92 Å². The molecule has 1 aromatic carbocycles. The highest BCUT2D eigenvalue weighted by Gasteiger charge is 2.18. The third-order valence-corrected chi connectivity index (χ3v) is 3.36. The molecule has 0 fully saturated rings. The molecule has 4 nitrogen and oxygen atoms in total. The summed E-state index contributed by atoms with van der Waals surface area (Å²) >= 11 is 0. The Morgan fingerprint density at radius 1 is 1.33 bits per heavy atom. The van der Waals surface area contributed by atoms with E-state index in [0.717, 1.165) is 18.5 Å². The van der Waals surface area contributed by atoms with Crippen LogP contribution in [0.5, 0.6) is 0 Å². The van der Waals surface area contributed by atoms with Gasteiger partial charge in [-0.2, -0.15) is 0 Å². The van der Waals surface area contributed by atoms with Crippen LogP contribution in [0.25, 0.3) is 0 Å². The van der Waals surface area contributed by atoms with Crippen LogP contribution in [0.4, 0.5) is 0 Å². The number of rotatable bonds is 3. The van der Waals surface area contributed by atoms with Crippen LogP contribution in [0.3, 0.4) is 0 Å². The van der Waals surface area contributed by atoms with Crippen molar-refractivity contribution in [1.29, 1.82) is 0 Å². The Hall–Kier alpha value is -1.84. The molecule has 0 bridgehead atoms. The number of benzene rings is 1. The van der Waals surface area contributed by atoms with Crippen molar-refractivity contribution in [1.82, 2.24) is 4.90 Å². The Morgan fingerprint density at radius 2 is 2.11 bits per heavy atom. The van der Waals surface area contributed by atoms with Crippen molar-refractivity contribution in [2.24, 2.45) is 0 Å². The molecule has 1 aliphatic heterocycles. The first-order valence-corrected chi connectivity index (χ1v) is 6.14. The van der Waals surface area contributed by atoms with Crippen molar-refractivity contribution < 1.29 is 14.7 Å². The Labute approximate surface area is 106 Å². The van der Waals surface area contributed by atoms with Crippen LogP contribution in [0.15, 0.2) is 18.2 Å². The average Bonchev–Trinajstić information content (AvgIpc) is 2.35. The maximum Gasteiger partial charge on any atom is 0.303 e. The summed E-state index contributed by atoms with van der Waals surface area (Å²) in [4.78, 5) is 23.7. The molecule has 0 saturated heterocycles. The monoisotopic (exact) mass is 247 g/mol. The smallest absolute Gasteiger partial charge is 0.303 e. The van der Waals surface area contributed by atoms with Gasteiger partial charge in [0, 0.05) is 26.4 Å². The van der Waals surface area contributed by atoms with Gasteiger partial charge in [-0.1, -0.05) is 18.2 Å². The maximum atomic E-state index is 11.3. The van der Waals surface area contributed by atoms with Gasteiger partial charge >= 0.3 is 5.97 Å². The molecule has 0 aromatic heterocycles. The van der Waals surface area contributed by atoms with E-state index in [2.05, 4.69) is 6.07 Å². The van der Waals surface area contributed by atoms with Crippen LogP contribution in [0.1, 0.15) is 30.0 Å². The summed E-state index contributed by atoms with van der Waals surface area (Å²) < 4.78 is 0. The SMILES string of the molecule is CC(=O)N1CCc2cc(CCC(=O)O)ccc2C1. The number of carbonyl (C=O) groups excluding carboxylic acids is 1. The van der Waals surface area contributed by atoms with Gasteiger partial charge in [-0.3, -0.25) is 9.59 Å². The Morgan fingerprint density at radius 3 is 2.78 bits per heavy atom. The fourth-order valence-electron chi connectivity index (χ4n) is 2.28. The van der Waals surface area contributed by atoms with E-state index in [0.29, 0.717) is 13.0 Å². The molecule has 0 radical (unpaired) electrons. The van der Waals surface area contributed by atoms with E-state index in [1.165, 1.54) is 11.1 Å². The second-order valence-electron chi connectivity index (χ2n) is 4.69. The maximum absolute atomic E-state index is 11.3. The van der Waals surface area contributed by atoms with Gasteiger partial charge in [0.05, 0.1) is 0 Å². The highest BCUT2D eigenvalue weighted by atomic mass is 16.4. The first kappa shape index (κ1) is 12.6. The van der Waals surface area contributed by atoms with Crippen LogP contribution in [0, 0.1) is 0 Å². The Balaban J connectivity index is 2.10. The van der Waals surface area contributed by atoms with Gasteiger partial charge in [-0.15, -0.1) is 0 Å². The number of aliphatic carboxylic acids is 1. The number of hydrogen-bond acceptors (Lipinski definition) is 2. The third-order valence-electron chi connectivity index (χ3n) is 3.36. The van der Waals surface area contributed by atoms with Gasteiger partial charge in [0.15, 0.2) is 0 Å². The molecule has 1 amide bonds. The Kier molecular flexibility index (Phi) is 3.65. The normalized spacial score (nSPS) is 14.2. The molecular formula is C14H17NO3. The summed E-state index contributed by atoms with van der Waals surface area (Å²) in [5.74, 6) is -0.661. The molecule has 18 heavy (non-hydrogen) atoms. The molecule has 1 N–H and O–H groups in total. The van der Waals surface area contributed by atoms with E-state index in [9.17, 15) is 9.59 Å². The standard InChI is InChI=1S/C14H17NO3/c1-10(16)15-7-6-12-8-11(3-5-14(17)18)2-4-13(12)9-15/h2,4,8H,3,5-7,9H2,1H3,(H,17,18). The minimum atomic E-state index is -0.768. The van der Waals surface area contributed by atoms with Crippen LogP contribution < -0.4 is 0 Å².